The third-order valence-corrected chi connectivity index (χ3v) is 4.76. The molecule has 0 saturated carbocycles. The number of hydrogen-bond acceptors (Lipinski definition) is 5. The number of anilines is 1. The predicted octanol–water partition coefficient (Wildman–Crippen LogP) is 3.71. The number of unbranched alkanes of at least 4 members (excludes halogenated alkanes) is 1. The Hall–Kier alpha value is -1.95. The number of aromatic nitrogens is 4. The fourth-order valence-electron chi connectivity index (χ4n) is 2.57. The van der Waals surface area contributed by atoms with E-state index in [9.17, 15) is 0 Å². The molecule has 0 aliphatic carbocycles. The second-order valence-corrected chi connectivity index (χ2v) is 6.38. The van der Waals surface area contributed by atoms with E-state index in [1.54, 1.807) is 11.3 Å². The lowest BCUT2D eigenvalue weighted by atomic mass is 10.2. The standard InChI is InChI=1S/C16H21N5S/c1-11-10-22-16-14(11)15(19-12(2)20-16)18-6-4-5-8-21-9-7-17-13(21)3/h7,9-10H,4-6,8H2,1-3H3,(H,18,19,20). The van der Waals surface area contributed by atoms with Gasteiger partial charge < -0.3 is 9.88 Å². The van der Waals surface area contributed by atoms with E-state index in [0.717, 1.165) is 48.2 Å². The van der Waals surface area contributed by atoms with Crippen molar-refractivity contribution >= 4 is 27.4 Å². The topological polar surface area (TPSA) is 55.6 Å². The van der Waals surface area contributed by atoms with Crippen molar-refractivity contribution in [2.45, 2.75) is 40.2 Å². The molecule has 0 aromatic carbocycles. The van der Waals surface area contributed by atoms with Gasteiger partial charge in [0.1, 0.15) is 22.3 Å². The van der Waals surface area contributed by atoms with Crippen molar-refractivity contribution in [2.24, 2.45) is 0 Å². The van der Waals surface area contributed by atoms with Crippen molar-refractivity contribution in [1.82, 2.24) is 19.5 Å². The van der Waals surface area contributed by atoms with Crippen molar-refractivity contribution in [1.29, 1.82) is 0 Å². The summed E-state index contributed by atoms with van der Waals surface area (Å²) in [5.74, 6) is 2.88. The Bertz CT molecular complexity index is 774. The van der Waals surface area contributed by atoms with Gasteiger partial charge in [0.25, 0.3) is 0 Å². The zero-order valence-corrected chi connectivity index (χ0v) is 14.1. The van der Waals surface area contributed by atoms with Crippen LogP contribution in [0.1, 0.15) is 30.1 Å². The number of imidazole rings is 1. The summed E-state index contributed by atoms with van der Waals surface area (Å²) in [5.41, 5.74) is 1.25. The molecule has 0 amide bonds. The molecule has 0 saturated heterocycles. The van der Waals surface area contributed by atoms with Gasteiger partial charge in [0.05, 0.1) is 5.39 Å². The van der Waals surface area contributed by atoms with Crippen LogP contribution >= 0.6 is 11.3 Å². The molecule has 3 aromatic rings. The molecule has 1 N–H and O–H groups in total. The third-order valence-electron chi connectivity index (χ3n) is 3.77. The molecule has 116 valence electrons. The van der Waals surface area contributed by atoms with E-state index in [-0.39, 0.29) is 0 Å². The zero-order valence-electron chi connectivity index (χ0n) is 13.3. The van der Waals surface area contributed by atoms with Crippen LogP contribution in [0.15, 0.2) is 17.8 Å². The van der Waals surface area contributed by atoms with E-state index in [0.29, 0.717) is 0 Å². The molecule has 0 spiro atoms. The number of fused-ring (bicyclic) bond motifs is 1. The Morgan fingerprint density at radius 1 is 1.18 bits per heavy atom. The van der Waals surface area contributed by atoms with Crippen molar-refractivity contribution < 1.29 is 0 Å². The number of nitrogens with one attached hydrogen (secondary N) is 1. The molecule has 6 heteroatoms. The Balaban J connectivity index is 1.58. The molecule has 22 heavy (non-hydrogen) atoms. The molecular formula is C16H21N5S. The number of rotatable bonds is 6. The minimum atomic E-state index is 0.825. The molecule has 0 aliphatic heterocycles. The highest BCUT2D eigenvalue weighted by Gasteiger charge is 2.09. The lowest BCUT2D eigenvalue weighted by Gasteiger charge is -2.09. The average Bonchev–Trinajstić information content (AvgIpc) is 3.05. The maximum atomic E-state index is 4.57. The molecule has 0 fully saturated rings. The summed E-state index contributed by atoms with van der Waals surface area (Å²) in [7, 11) is 0. The summed E-state index contributed by atoms with van der Waals surface area (Å²) in [6, 6.07) is 0. The third kappa shape index (κ3) is 3.11. The minimum Gasteiger partial charge on any atom is -0.369 e. The largest absolute Gasteiger partial charge is 0.369 e. The normalized spacial score (nSPS) is 11.2. The number of hydrogen-bond donors (Lipinski definition) is 1. The van der Waals surface area contributed by atoms with E-state index >= 15 is 0 Å². The molecule has 0 unspecified atom stereocenters. The van der Waals surface area contributed by atoms with Crippen LogP contribution < -0.4 is 5.32 Å². The predicted molar refractivity (Wildman–Crippen MR) is 91.6 cm³/mol. The van der Waals surface area contributed by atoms with Gasteiger partial charge in [-0.15, -0.1) is 11.3 Å². The SMILES string of the molecule is Cc1nc(NCCCCn2ccnc2C)c2c(C)csc2n1. The van der Waals surface area contributed by atoms with E-state index in [1.807, 2.05) is 26.2 Å². The van der Waals surface area contributed by atoms with E-state index in [4.69, 9.17) is 0 Å². The zero-order chi connectivity index (χ0) is 15.5. The Morgan fingerprint density at radius 2 is 2.05 bits per heavy atom. The highest BCUT2D eigenvalue weighted by molar-refractivity contribution is 7.17. The first-order valence-corrected chi connectivity index (χ1v) is 8.47. The molecule has 3 aromatic heterocycles. The molecule has 0 atom stereocenters. The molecule has 0 aliphatic rings. The fourth-order valence-corrected chi connectivity index (χ4v) is 3.54. The van der Waals surface area contributed by atoms with Gasteiger partial charge in [0.2, 0.25) is 0 Å². The van der Waals surface area contributed by atoms with Crippen LogP contribution in [0, 0.1) is 20.8 Å². The van der Waals surface area contributed by atoms with Crippen LogP contribution in [0.4, 0.5) is 5.82 Å². The highest BCUT2D eigenvalue weighted by Crippen LogP contribution is 2.29. The van der Waals surface area contributed by atoms with Gasteiger partial charge in [-0.2, -0.15) is 0 Å². The lowest BCUT2D eigenvalue weighted by Crippen LogP contribution is -2.07. The molecule has 5 nitrogen and oxygen atoms in total. The second-order valence-electron chi connectivity index (χ2n) is 5.52. The smallest absolute Gasteiger partial charge is 0.138 e. The maximum Gasteiger partial charge on any atom is 0.138 e. The Labute approximate surface area is 134 Å². The van der Waals surface area contributed by atoms with Crippen molar-refractivity contribution in [3.63, 3.8) is 0 Å². The van der Waals surface area contributed by atoms with Gasteiger partial charge in [-0.3, -0.25) is 0 Å². The van der Waals surface area contributed by atoms with Crippen LogP contribution in [0.2, 0.25) is 0 Å². The first-order chi connectivity index (χ1) is 10.6. The minimum absolute atomic E-state index is 0.825. The van der Waals surface area contributed by atoms with Gasteiger partial charge in [-0.1, -0.05) is 0 Å². The fraction of sp³-hybridized carbons (Fsp3) is 0.438. The van der Waals surface area contributed by atoms with Gasteiger partial charge in [0.15, 0.2) is 0 Å². The van der Waals surface area contributed by atoms with Crippen LogP contribution in [0.3, 0.4) is 0 Å². The van der Waals surface area contributed by atoms with E-state index < -0.39 is 0 Å². The quantitative estimate of drug-likeness (QED) is 0.705. The molecule has 3 rings (SSSR count). The molecule has 3 heterocycles. The van der Waals surface area contributed by atoms with Crippen molar-refractivity contribution in [3.8, 4) is 0 Å². The first-order valence-electron chi connectivity index (χ1n) is 7.59. The highest BCUT2D eigenvalue weighted by atomic mass is 32.1. The van der Waals surface area contributed by atoms with E-state index in [1.165, 1.54) is 10.9 Å². The van der Waals surface area contributed by atoms with Crippen LogP contribution in [-0.2, 0) is 6.54 Å². The average molecular weight is 315 g/mol. The number of nitrogens with zero attached hydrogens (tertiary/aromatic N) is 4. The second kappa shape index (κ2) is 6.44. The van der Waals surface area contributed by atoms with Gasteiger partial charge in [-0.05, 0) is 44.6 Å². The monoisotopic (exact) mass is 315 g/mol. The summed E-state index contributed by atoms with van der Waals surface area (Å²) < 4.78 is 2.19. The van der Waals surface area contributed by atoms with E-state index in [2.05, 4.69) is 37.1 Å². The lowest BCUT2D eigenvalue weighted by molar-refractivity contribution is 0.607. The molecular weight excluding hydrogens is 294 g/mol. The summed E-state index contributed by atoms with van der Waals surface area (Å²) >= 11 is 1.68. The maximum absolute atomic E-state index is 4.57. The summed E-state index contributed by atoms with van der Waals surface area (Å²) in [6.45, 7) is 8.04. The van der Waals surface area contributed by atoms with Gasteiger partial charge in [0, 0.05) is 25.5 Å². The molecule has 0 radical (unpaired) electrons. The Morgan fingerprint density at radius 3 is 2.82 bits per heavy atom. The summed E-state index contributed by atoms with van der Waals surface area (Å²) in [4.78, 5) is 14.4. The van der Waals surface area contributed by atoms with Crippen LogP contribution in [0.5, 0.6) is 0 Å². The molecule has 0 bridgehead atoms. The summed E-state index contributed by atoms with van der Waals surface area (Å²) in [6.07, 6.45) is 6.12. The van der Waals surface area contributed by atoms with Crippen LogP contribution in [-0.4, -0.2) is 26.1 Å². The summed E-state index contributed by atoms with van der Waals surface area (Å²) in [5, 5.41) is 6.79. The number of thiophene rings is 1. The van der Waals surface area contributed by atoms with Crippen molar-refractivity contribution in [3.05, 3.63) is 35.0 Å². The van der Waals surface area contributed by atoms with Gasteiger partial charge in [-0.25, -0.2) is 15.0 Å². The van der Waals surface area contributed by atoms with Crippen LogP contribution in [0.25, 0.3) is 10.2 Å². The first kappa shape index (κ1) is 15.0. The Kier molecular flexibility index (Phi) is 4.38. The number of aryl methyl sites for hydroxylation is 4. The van der Waals surface area contributed by atoms with Crippen molar-refractivity contribution in [2.75, 3.05) is 11.9 Å². The van der Waals surface area contributed by atoms with Gasteiger partial charge >= 0.3 is 0 Å².